The highest BCUT2D eigenvalue weighted by molar-refractivity contribution is 6.77. The summed E-state index contributed by atoms with van der Waals surface area (Å²) in [6.45, 7) is 20.7. The van der Waals surface area contributed by atoms with Gasteiger partial charge in [0.1, 0.15) is 5.72 Å². The molecule has 0 atom stereocenters. The van der Waals surface area contributed by atoms with Crippen LogP contribution in [-0.2, 0) is 4.43 Å². The summed E-state index contributed by atoms with van der Waals surface area (Å²) in [5.41, 5.74) is 10.4. The number of hydrogen-bond donors (Lipinski definition) is 0. The molecule has 4 nitrogen and oxygen atoms in total. The van der Waals surface area contributed by atoms with Crippen LogP contribution in [0.1, 0.15) is 88.0 Å². The second-order valence-electron chi connectivity index (χ2n) is 9.70. The summed E-state index contributed by atoms with van der Waals surface area (Å²) < 4.78 is 6.97. The molecule has 1 saturated carbocycles. The predicted molar refractivity (Wildman–Crippen MR) is 105 cm³/mol. The van der Waals surface area contributed by atoms with Crippen molar-refractivity contribution in [3.8, 4) is 0 Å². The molecule has 0 aromatic heterocycles. The van der Waals surface area contributed by atoms with Gasteiger partial charge in [-0.15, -0.1) is 0 Å². The smallest absolute Gasteiger partial charge is 0.201 e. The Morgan fingerprint density at radius 3 is 1.71 bits per heavy atom. The molecule has 0 bridgehead atoms. The third-order valence-electron chi connectivity index (χ3n) is 6.29. The van der Waals surface area contributed by atoms with Crippen LogP contribution in [0.5, 0.6) is 0 Å². The van der Waals surface area contributed by atoms with Crippen LogP contribution in [0.4, 0.5) is 0 Å². The summed E-state index contributed by atoms with van der Waals surface area (Å²) in [6.07, 6.45) is 3.89. The molecule has 1 rings (SSSR count). The second-order valence-corrected chi connectivity index (χ2v) is 15.1. The molecule has 0 amide bonds. The van der Waals surface area contributed by atoms with E-state index in [1.54, 1.807) is 0 Å². The fourth-order valence-electron chi connectivity index (χ4n) is 4.92. The highest BCUT2D eigenvalue weighted by Crippen LogP contribution is 2.50. The zero-order valence-corrected chi connectivity index (χ0v) is 18.4. The summed E-state index contributed by atoms with van der Waals surface area (Å²) >= 11 is 0. The van der Waals surface area contributed by atoms with Gasteiger partial charge in [-0.25, -0.2) is 0 Å². The van der Waals surface area contributed by atoms with Gasteiger partial charge in [0, 0.05) is 4.91 Å². The minimum absolute atomic E-state index is 0.311. The summed E-state index contributed by atoms with van der Waals surface area (Å²) in [6, 6.07) is 0. The first-order chi connectivity index (χ1) is 10.9. The van der Waals surface area contributed by atoms with E-state index >= 15 is 0 Å². The third kappa shape index (κ3) is 4.36. The van der Waals surface area contributed by atoms with Crippen LogP contribution in [0, 0.1) is 11.3 Å². The Labute approximate surface area is 150 Å². The van der Waals surface area contributed by atoms with E-state index in [9.17, 15) is 5.53 Å². The van der Waals surface area contributed by atoms with Crippen molar-refractivity contribution in [3.05, 3.63) is 10.4 Å². The molecule has 0 aliphatic heterocycles. The molecule has 0 N–H and O–H groups in total. The van der Waals surface area contributed by atoms with Crippen LogP contribution in [0.15, 0.2) is 5.11 Å². The molecule has 1 aliphatic rings. The Morgan fingerprint density at radius 1 is 1.00 bits per heavy atom. The SMILES string of the molecule is CC(C)[Si](OC1(N=[N+]=[N-])CCC(C(C)(C)C)CC1)(C(C)C)C(C)C. The first-order valence-corrected chi connectivity index (χ1v) is 11.8. The van der Waals surface area contributed by atoms with Gasteiger partial charge in [-0.05, 0) is 59.2 Å². The quantitative estimate of drug-likeness (QED) is 0.212. The Kier molecular flexibility index (Phi) is 7.00. The predicted octanol–water partition coefficient (Wildman–Crippen LogP) is 7.42. The summed E-state index contributed by atoms with van der Waals surface area (Å²) in [7, 11) is -2.06. The lowest BCUT2D eigenvalue weighted by Gasteiger charge is -2.50. The summed E-state index contributed by atoms with van der Waals surface area (Å²) in [4.78, 5) is 3.20. The van der Waals surface area contributed by atoms with E-state index < -0.39 is 14.0 Å². The van der Waals surface area contributed by atoms with Crippen molar-refractivity contribution in [3.63, 3.8) is 0 Å². The molecule has 1 aliphatic carbocycles. The molecule has 0 aromatic carbocycles. The summed E-state index contributed by atoms with van der Waals surface area (Å²) in [5.74, 6) is 0.677. The van der Waals surface area contributed by atoms with Gasteiger partial charge in [-0.3, -0.25) is 0 Å². The van der Waals surface area contributed by atoms with Crippen molar-refractivity contribution in [2.45, 2.75) is 110 Å². The third-order valence-corrected chi connectivity index (χ3v) is 12.4. The van der Waals surface area contributed by atoms with Crippen LogP contribution < -0.4 is 0 Å². The molecule has 1 fully saturated rings. The van der Waals surface area contributed by atoms with Gasteiger partial charge in [0.2, 0.25) is 8.32 Å². The average Bonchev–Trinajstić information content (AvgIpc) is 2.43. The standard InChI is InChI=1S/C19H39N3OSi/c1-14(2)24(15(3)4,16(5)6)23-19(21-22-20)12-10-17(11-13-19)18(7,8)9/h14-17H,10-13H2,1-9H3. The Bertz CT molecular complexity index is 432. The maximum atomic E-state index is 9.22. The van der Waals surface area contributed by atoms with Crippen LogP contribution >= 0.6 is 0 Å². The molecule has 0 spiro atoms. The van der Waals surface area contributed by atoms with Gasteiger partial charge in [0.15, 0.2) is 0 Å². The van der Waals surface area contributed by atoms with E-state index in [-0.39, 0.29) is 0 Å². The van der Waals surface area contributed by atoms with Crippen molar-refractivity contribution >= 4 is 8.32 Å². The van der Waals surface area contributed by atoms with E-state index in [0.717, 1.165) is 25.7 Å². The van der Waals surface area contributed by atoms with Gasteiger partial charge in [-0.1, -0.05) is 67.4 Å². The number of azide groups is 1. The van der Waals surface area contributed by atoms with Crippen molar-refractivity contribution < 1.29 is 4.43 Å². The lowest BCUT2D eigenvalue weighted by atomic mass is 9.70. The molecule has 24 heavy (non-hydrogen) atoms. The minimum atomic E-state index is -2.06. The molecule has 5 heteroatoms. The molecule has 0 aromatic rings. The monoisotopic (exact) mass is 353 g/mol. The van der Waals surface area contributed by atoms with Crippen molar-refractivity contribution in [2.24, 2.45) is 16.4 Å². The van der Waals surface area contributed by atoms with Gasteiger partial charge in [0.25, 0.3) is 0 Å². The first-order valence-electron chi connectivity index (χ1n) is 9.67. The fourth-order valence-corrected chi connectivity index (χ4v) is 10.5. The zero-order valence-electron chi connectivity index (χ0n) is 17.4. The molecule has 0 saturated heterocycles. The zero-order chi connectivity index (χ0) is 18.8. The number of nitrogens with zero attached hydrogens (tertiary/aromatic N) is 3. The van der Waals surface area contributed by atoms with E-state index in [4.69, 9.17) is 4.43 Å². The van der Waals surface area contributed by atoms with E-state index in [1.807, 2.05) is 0 Å². The fraction of sp³-hybridized carbons (Fsp3) is 1.00. The first kappa shape index (κ1) is 21.5. The topological polar surface area (TPSA) is 58.0 Å². The lowest BCUT2D eigenvalue weighted by Crippen LogP contribution is -2.55. The Morgan fingerprint density at radius 2 is 1.42 bits per heavy atom. The molecule has 0 heterocycles. The van der Waals surface area contributed by atoms with Gasteiger partial charge < -0.3 is 4.43 Å². The second kappa shape index (κ2) is 7.80. The molecule has 0 unspecified atom stereocenters. The average molecular weight is 354 g/mol. The van der Waals surface area contributed by atoms with Gasteiger partial charge in [0.05, 0.1) is 0 Å². The largest absolute Gasteiger partial charge is 0.404 e. The Hall–Kier alpha value is -0.513. The van der Waals surface area contributed by atoms with E-state index in [0.29, 0.717) is 28.0 Å². The maximum Gasteiger partial charge on any atom is 0.201 e. The summed E-state index contributed by atoms with van der Waals surface area (Å²) in [5, 5.41) is 4.26. The van der Waals surface area contributed by atoms with Crippen molar-refractivity contribution in [2.75, 3.05) is 0 Å². The van der Waals surface area contributed by atoms with Crippen LogP contribution in [0.25, 0.3) is 10.4 Å². The minimum Gasteiger partial charge on any atom is -0.404 e. The maximum absolute atomic E-state index is 9.22. The molecular weight excluding hydrogens is 314 g/mol. The van der Waals surface area contributed by atoms with Crippen LogP contribution in [-0.4, -0.2) is 14.0 Å². The highest BCUT2D eigenvalue weighted by Gasteiger charge is 2.51. The van der Waals surface area contributed by atoms with Crippen LogP contribution in [0.3, 0.4) is 0 Å². The van der Waals surface area contributed by atoms with Crippen LogP contribution in [0.2, 0.25) is 16.6 Å². The molecule has 0 radical (unpaired) electrons. The highest BCUT2D eigenvalue weighted by atomic mass is 28.4. The number of hydrogen-bond acceptors (Lipinski definition) is 2. The van der Waals surface area contributed by atoms with Gasteiger partial charge in [-0.2, -0.15) is 0 Å². The normalized spacial score (nSPS) is 26.1. The molecular formula is C19H39N3OSi. The molecule has 140 valence electrons. The lowest BCUT2D eigenvalue weighted by molar-refractivity contribution is -0.0116. The number of rotatable bonds is 6. The van der Waals surface area contributed by atoms with Crippen molar-refractivity contribution in [1.82, 2.24) is 0 Å². The van der Waals surface area contributed by atoms with E-state index in [1.165, 1.54) is 0 Å². The van der Waals surface area contributed by atoms with Gasteiger partial charge >= 0.3 is 0 Å². The Balaban J connectivity index is 3.15. The van der Waals surface area contributed by atoms with E-state index in [2.05, 4.69) is 72.3 Å². The van der Waals surface area contributed by atoms with Crippen molar-refractivity contribution in [1.29, 1.82) is 0 Å².